The fraction of sp³-hybridized carbons (Fsp3) is 0. The normalized spacial score (nSPS) is 0. The van der Waals surface area contributed by atoms with E-state index in [4.69, 9.17) is 0 Å². The Labute approximate surface area is 78.6 Å². The van der Waals surface area contributed by atoms with Crippen molar-refractivity contribution in [1.29, 1.82) is 0 Å². The van der Waals surface area contributed by atoms with Crippen LogP contribution in [0.3, 0.4) is 0 Å². The Kier molecular flexibility index (Phi) is 378. The summed E-state index contributed by atoms with van der Waals surface area (Å²) in [5.74, 6) is 0. The van der Waals surface area contributed by atoms with Gasteiger partial charge in [-0.05, 0) is 0 Å². The molecule has 24 valence electrons. The van der Waals surface area contributed by atoms with Gasteiger partial charge in [0.2, 0.25) is 0 Å². The van der Waals surface area contributed by atoms with Crippen molar-refractivity contribution in [2.75, 3.05) is 0 Å². The van der Waals surface area contributed by atoms with Crippen molar-refractivity contribution in [2.45, 2.75) is 0 Å². The Balaban J connectivity index is 0. The van der Waals surface area contributed by atoms with Gasteiger partial charge in [0.05, 0.1) is 0 Å². The fourth-order valence-electron chi connectivity index (χ4n) is 0. The summed E-state index contributed by atoms with van der Waals surface area (Å²) in [6, 6.07) is 0. The molecule has 0 atom stereocenters. The van der Waals surface area contributed by atoms with Crippen molar-refractivity contribution in [3.63, 3.8) is 0 Å². The number of rotatable bonds is 0. The van der Waals surface area contributed by atoms with Gasteiger partial charge in [-0.2, -0.15) is 0 Å². The van der Waals surface area contributed by atoms with Gasteiger partial charge in [0.1, 0.15) is 0 Å². The minimum Gasteiger partial charge on any atom is 0 e. The Morgan fingerprint density at radius 1 is 1.00 bits per heavy atom. The van der Waals surface area contributed by atoms with E-state index in [2.05, 4.69) is 0 Å². The van der Waals surface area contributed by atoms with Crippen LogP contribution in [0.5, 0.6) is 0 Å². The Bertz CT molecular complexity index is 11.6. The van der Waals surface area contributed by atoms with Crippen LogP contribution in [0.4, 0.5) is 0 Å². The van der Waals surface area contributed by atoms with Gasteiger partial charge in [0, 0.05) is 79.4 Å². The molecule has 0 aromatic rings. The van der Waals surface area contributed by atoms with E-state index in [1.807, 2.05) is 0 Å². The van der Waals surface area contributed by atoms with Crippen molar-refractivity contribution in [3.05, 3.63) is 0 Å². The molecule has 0 aliphatic rings. The van der Waals surface area contributed by atoms with Crippen LogP contribution in [0.1, 0.15) is 0 Å². The molecule has 5 heavy (non-hydrogen) atoms. The van der Waals surface area contributed by atoms with E-state index in [0.717, 1.165) is 0 Å². The third-order valence-electron chi connectivity index (χ3n) is 0. The predicted octanol–water partition coefficient (Wildman–Crippen LogP) is -0.769. The number of hydrogen-bond donors (Lipinski definition) is 0. The summed E-state index contributed by atoms with van der Waals surface area (Å²) in [7, 11) is 0. The summed E-state index contributed by atoms with van der Waals surface area (Å²) in [5, 5.41) is 0. The van der Waals surface area contributed by atoms with Gasteiger partial charge >= 0.3 is 0 Å². The Hall–Kier alpha value is 2.26. The average Bonchev–Trinajstić information content (AvgIpc) is 0. The van der Waals surface area contributed by atoms with Crippen molar-refractivity contribution in [3.8, 4) is 0 Å². The SMILES string of the molecule is [B].[Cr].[Mn].[Se].[Zn]. The Morgan fingerprint density at radius 2 is 1.00 bits per heavy atom. The molecule has 5 heteroatoms. The third-order valence-corrected chi connectivity index (χ3v) is 0. The monoisotopic (exact) mass is 262 g/mol. The molecule has 0 bridgehead atoms. The average molecular weight is 262 g/mol. The molecule has 0 aliphatic heterocycles. The zero-order valence-corrected chi connectivity index (χ0v) is 9.61. The molecule has 0 unspecified atom stereocenters. The molecule has 6 radical (unpaired) electrons. The zero-order chi connectivity index (χ0) is 0. The van der Waals surface area contributed by atoms with E-state index >= 15 is 0 Å². The van der Waals surface area contributed by atoms with Crippen molar-refractivity contribution < 1.29 is 53.9 Å². The first-order valence-electron chi connectivity index (χ1n) is 0. The first-order chi connectivity index (χ1) is 0. The standard InChI is InChI=1S/B.Cr.Mn.Se.Zn. The van der Waals surface area contributed by atoms with Crippen molar-refractivity contribution >= 4 is 25.5 Å². The van der Waals surface area contributed by atoms with Gasteiger partial charge in [0.15, 0.2) is 0 Å². The fourth-order valence-corrected chi connectivity index (χ4v) is 0. The minimum absolute atomic E-state index is 0. The molecule has 0 aliphatic carbocycles. The predicted molar refractivity (Wildman–Crippen MR) is 11.5 cm³/mol. The number of hydrogen-bond acceptors (Lipinski definition) is 0. The summed E-state index contributed by atoms with van der Waals surface area (Å²) in [4.78, 5) is 0. The zero-order valence-electron chi connectivity index (χ0n) is 2.48. The molecular weight excluding hydrogens is 262 g/mol. The van der Waals surface area contributed by atoms with Gasteiger partial charge in [-0.3, -0.25) is 0 Å². The van der Waals surface area contributed by atoms with E-state index in [0.29, 0.717) is 0 Å². The largest absolute Gasteiger partial charge is 0 e. The van der Waals surface area contributed by atoms with Gasteiger partial charge < -0.3 is 0 Å². The van der Waals surface area contributed by atoms with E-state index in [9.17, 15) is 0 Å². The smallest absolute Gasteiger partial charge is 0 e. The molecule has 0 spiro atoms. The summed E-state index contributed by atoms with van der Waals surface area (Å²) in [5.41, 5.74) is 0. The topological polar surface area (TPSA) is 0 Å². The second kappa shape index (κ2) is 33.9. The van der Waals surface area contributed by atoms with Gasteiger partial charge in [0.25, 0.3) is 0 Å². The van der Waals surface area contributed by atoms with Gasteiger partial charge in [-0.1, -0.05) is 0 Å². The molecule has 0 aromatic heterocycles. The van der Waals surface area contributed by atoms with E-state index in [-0.39, 0.29) is 79.4 Å². The van der Waals surface area contributed by atoms with E-state index < -0.39 is 0 Å². The Morgan fingerprint density at radius 3 is 1.00 bits per heavy atom. The molecular formula is BCrMnSeZn. The van der Waals surface area contributed by atoms with Crippen LogP contribution in [-0.4, -0.2) is 25.5 Å². The van der Waals surface area contributed by atoms with Crippen LogP contribution in [0.2, 0.25) is 0 Å². The summed E-state index contributed by atoms with van der Waals surface area (Å²) < 4.78 is 0. The molecule has 0 saturated heterocycles. The van der Waals surface area contributed by atoms with Crippen molar-refractivity contribution in [1.82, 2.24) is 0 Å². The summed E-state index contributed by atoms with van der Waals surface area (Å²) in [6.07, 6.45) is 0. The van der Waals surface area contributed by atoms with Crippen molar-refractivity contribution in [2.24, 2.45) is 0 Å². The second-order valence-corrected chi connectivity index (χ2v) is 0. The van der Waals surface area contributed by atoms with Crippen LogP contribution in [0.25, 0.3) is 0 Å². The van der Waals surface area contributed by atoms with Gasteiger partial charge in [-0.25, -0.2) is 0 Å². The maximum absolute atomic E-state index is 0. The van der Waals surface area contributed by atoms with Crippen LogP contribution in [0, 0.1) is 0 Å². The van der Waals surface area contributed by atoms with E-state index in [1.54, 1.807) is 0 Å². The van der Waals surface area contributed by atoms with Gasteiger partial charge in [-0.15, -0.1) is 0 Å². The summed E-state index contributed by atoms with van der Waals surface area (Å²) in [6.45, 7) is 0. The molecule has 0 amide bonds. The molecule has 0 nitrogen and oxygen atoms in total. The minimum atomic E-state index is 0. The molecule has 0 heterocycles. The molecule has 0 fully saturated rings. The maximum Gasteiger partial charge on any atom is 0 e. The molecule has 0 rings (SSSR count). The third kappa shape index (κ3) is 22.2. The molecule has 0 saturated carbocycles. The van der Waals surface area contributed by atoms with Crippen LogP contribution < -0.4 is 0 Å². The first-order valence-corrected chi connectivity index (χ1v) is 0. The molecule has 0 aromatic carbocycles. The second-order valence-electron chi connectivity index (χ2n) is 0. The summed E-state index contributed by atoms with van der Waals surface area (Å²) >= 11 is 0. The van der Waals surface area contributed by atoms with E-state index in [1.165, 1.54) is 0 Å². The molecule has 0 N–H and O–H groups in total. The van der Waals surface area contributed by atoms with Crippen LogP contribution in [-0.2, 0) is 53.9 Å². The maximum atomic E-state index is 0. The van der Waals surface area contributed by atoms with Crippen LogP contribution in [0.15, 0.2) is 0 Å². The first kappa shape index (κ1) is 55.7. The quantitative estimate of drug-likeness (QED) is 0.503. The van der Waals surface area contributed by atoms with Crippen LogP contribution >= 0.6 is 0 Å².